The zero-order valence-electron chi connectivity index (χ0n) is 48.8. The maximum Gasteiger partial charge on any atom is 0.333 e. The second-order valence-corrected chi connectivity index (χ2v) is 43.4. The zero-order valence-corrected chi connectivity index (χ0v) is 55.1. The highest BCUT2D eigenvalue weighted by Crippen LogP contribution is 2.30. The van der Waals surface area contributed by atoms with Crippen LogP contribution in [-0.2, 0) is 45.1 Å². The number of carbonyl (C=O) groups excluding carboxylic acids is 3. The summed E-state index contributed by atoms with van der Waals surface area (Å²) in [6.45, 7) is 42.8. The van der Waals surface area contributed by atoms with Gasteiger partial charge in [0.2, 0.25) is 0 Å². The van der Waals surface area contributed by atoms with Crippen molar-refractivity contribution in [2.75, 3.05) is 19.8 Å². The quantitative estimate of drug-likeness (QED) is 0.0276. The average Bonchev–Trinajstić information content (AvgIpc) is 3.29. The van der Waals surface area contributed by atoms with Crippen LogP contribution in [0.1, 0.15) is 115 Å². The van der Waals surface area contributed by atoms with E-state index in [0.717, 1.165) is 38.5 Å². The predicted molar refractivity (Wildman–Crippen MR) is 320 cm³/mol. The summed E-state index contributed by atoms with van der Waals surface area (Å²) in [5, 5.41) is 0. The highest BCUT2D eigenvalue weighted by molar-refractivity contribution is 6.88. The summed E-state index contributed by atoms with van der Waals surface area (Å²) >= 11 is 0. The van der Waals surface area contributed by atoms with Crippen molar-refractivity contribution in [2.45, 2.75) is 188 Å². The monoisotopic (exact) mass is 1110 g/mol. The molecular weight excluding hydrogens is 1010 g/mol. The van der Waals surface area contributed by atoms with Crippen molar-refractivity contribution in [2.24, 2.45) is 11.8 Å². The fourth-order valence-electron chi connectivity index (χ4n) is 9.54. The minimum absolute atomic E-state index is 0.154. The van der Waals surface area contributed by atoms with Crippen LogP contribution >= 0.6 is 0 Å². The first-order chi connectivity index (χ1) is 34.1. The van der Waals surface area contributed by atoms with Crippen LogP contribution in [0.2, 0.25) is 90.7 Å². The molecule has 3 aromatic rings. The molecule has 0 bridgehead atoms. The van der Waals surface area contributed by atoms with E-state index in [0.29, 0.717) is 55.2 Å². The lowest BCUT2D eigenvalue weighted by Gasteiger charge is -2.39. The van der Waals surface area contributed by atoms with E-state index in [2.05, 4.69) is 167 Å². The molecule has 0 aliphatic carbocycles. The zero-order chi connectivity index (χ0) is 55.4. The molecule has 10 nitrogen and oxygen atoms in total. The molecule has 5 unspecified atom stereocenters. The maximum atomic E-state index is 12.9. The van der Waals surface area contributed by atoms with Crippen molar-refractivity contribution in [3.05, 3.63) is 120 Å². The Bertz CT molecular complexity index is 1900. The van der Waals surface area contributed by atoms with Gasteiger partial charge in [-0.05, 0) is 171 Å². The lowest BCUT2D eigenvalue weighted by atomic mass is 9.94. The summed E-state index contributed by atoms with van der Waals surface area (Å²) in [7, 11) is -10.5. The van der Waals surface area contributed by atoms with Gasteiger partial charge in [-0.1, -0.05) is 132 Å². The fraction of sp³-hybridized carbons (Fsp3) is 0.596. The van der Waals surface area contributed by atoms with E-state index in [-0.39, 0.29) is 29.7 Å². The van der Waals surface area contributed by atoms with Crippen molar-refractivity contribution in [1.82, 2.24) is 0 Å². The standard InChI is InChI=1S/C36H60O6Si3.C15H20O2.C6H20O2Si3/c1-11-31(33-19-15-13-16-20-33)23-25-39-35(37)29(3)27-43(5,6)41-45(9,10)42-44(7,8)28-30(4)36(38)40-26-24-32(12-2)34-21-17-14-18-22-34;1-4-13(14-8-6-5-7-9-14)10-11-17-15(16)12(2)3;1-9(2)7-11(5,6)8-10(3)4/h13-22,29-32H,11-12,23-28H2,1-10H3;5-9,13H,2,4,10-11H2,1,3H3;9-10H,1-6H3. The van der Waals surface area contributed by atoms with Crippen molar-refractivity contribution in [3.63, 3.8) is 0 Å². The molecule has 0 aliphatic rings. The van der Waals surface area contributed by atoms with Crippen LogP contribution in [0.25, 0.3) is 0 Å². The van der Waals surface area contributed by atoms with Gasteiger partial charge in [0, 0.05) is 5.57 Å². The molecule has 0 saturated carbocycles. The third-order valence-corrected chi connectivity index (χ3v) is 32.1. The molecule has 5 atom stereocenters. The van der Waals surface area contributed by atoms with E-state index in [1.54, 1.807) is 6.92 Å². The molecule has 0 saturated heterocycles. The van der Waals surface area contributed by atoms with E-state index in [4.69, 9.17) is 30.7 Å². The number of carbonyl (C=O) groups is 3. The van der Waals surface area contributed by atoms with Gasteiger partial charge in [0.15, 0.2) is 34.7 Å². The number of benzene rings is 3. The lowest BCUT2D eigenvalue weighted by Crippen LogP contribution is -2.53. The molecular formula is C57H100O10Si6. The number of rotatable bonds is 30. The van der Waals surface area contributed by atoms with Gasteiger partial charge in [-0.25, -0.2) is 4.79 Å². The Morgan fingerprint density at radius 3 is 1.04 bits per heavy atom. The van der Waals surface area contributed by atoms with E-state index in [1.807, 2.05) is 44.2 Å². The molecule has 0 heterocycles. The first-order valence-corrected chi connectivity index (χ1v) is 44.5. The molecule has 0 aromatic heterocycles. The van der Waals surface area contributed by atoms with Gasteiger partial charge in [-0.2, -0.15) is 0 Å². The largest absolute Gasteiger partial charge is 0.465 e. The summed E-state index contributed by atoms with van der Waals surface area (Å²) < 4.78 is 41.7. The summed E-state index contributed by atoms with van der Waals surface area (Å²) in [6, 6.07) is 32.5. The second-order valence-electron chi connectivity index (χ2n) is 22.2. The predicted octanol–water partition coefficient (Wildman–Crippen LogP) is 15.0. The number of esters is 3. The third-order valence-electron chi connectivity index (χ3n) is 12.2. The molecule has 3 aromatic carbocycles. The van der Waals surface area contributed by atoms with Gasteiger partial charge >= 0.3 is 35.0 Å². The molecule has 73 heavy (non-hydrogen) atoms. The van der Waals surface area contributed by atoms with Crippen LogP contribution < -0.4 is 0 Å². The SMILES string of the molecule is C=C(C)C(=O)OCCC(CC)c1ccccc1.CCC(CCOC(=O)C(C)C[Si](C)(C)O[Si](C)(C)O[Si](C)(C)CC(C)C(=O)OCCC(CC)c1ccccc1)c1ccccc1.C[SiH](C)O[Si](C)(C)O[SiH](C)C. The highest BCUT2D eigenvalue weighted by atomic mass is 28.5. The van der Waals surface area contributed by atoms with E-state index < -0.39 is 51.8 Å². The van der Waals surface area contributed by atoms with Gasteiger partial charge in [-0.15, -0.1) is 0 Å². The van der Waals surface area contributed by atoms with E-state index in [1.165, 1.54) is 16.7 Å². The van der Waals surface area contributed by atoms with Crippen molar-refractivity contribution in [3.8, 4) is 0 Å². The summed E-state index contributed by atoms with van der Waals surface area (Å²) in [4.78, 5) is 37.0. The second kappa shape index (κ2) is 34.6. The van der Waals surface area contributed by atoms with Gasteiger partial charge in [0.25, 0.3) is 0 Å². The Labute approximate surface area is 452 Å². The van der Waals surface area contributed by atoms with E-state index in [9.17, 15) is 14.4 Å². The van der Waals surface area contributed by atoms with Crippen LogP contribution in [-0.4, -0.2) is 89.6 Å². The summed E-state index contributed by atoms with van der Waals surface area (Å²) in [6.07, 6.45) is 5.58. The summed E-state index contributed by atoms with van der Waals surface area (Å²) in [5.74, 6) is 0.152. The first-order valence-electron chi connectivity index (χ1n) is 27.1. The molecule has 0 N–H and O–H groups in total. The number of hydrogen-bond acceptors (Lipinski definition) is 10. The Morgan fingerprint density at radius 2 is 0.781 bits per heavy atom. The molecule has 0 fully saturated rings. The molecule has 0 aliphatic heterocycles. The summed E-state index contributed by atoms with van der Waals surface area (Å²) in [5.41, 5.74) is 4.35. The molecule has 16 heteroatoms. The number of ether oxygens (including phenoxy) is 3. The highest BCUT2D eigenvalue weighted by Gasteiger charge is 2.42. The molecule has 0 radical (unpaired) electrons. The van der Waals surface area contributed by atoms with E-state index >= 15 is 0 Å². The van der Waals surface area contributed by atoms with Crippen molar-refractivity contribution < 1.29 is 45.1 Å². The first kappa shape index (κ1) is 68.0. The van der Waals surface area contributed by atoms with Gasteiger partial charge in [0.1, 0.15) is 0 Å². The third kappa shape index (κ3) is 30.3. The topological polar surface area (TPSA) is 116 Å². The van der Waals surface area contributed by atoms with Crippen LogP contribution in [0.4, 0.5) is 0 Å². The van der Waals surface area contributed by atoms with Gasteiger partial charge in [0.05, 0.1) is 31.7 Å². The molecule has 412 valence electrons. The molecule has 0 spiro atoms. The Hall–Kier alpha value is -3.05. The maximum absolute atomic E-state index is 12.9. The van der Waals surface area contributed by atoms with Crippen molar-refractivity contribution in [1.29, 1.82) is 0 Å². The smallest absolute Gasteiger partial charge is 0.333 e. The fourth-order valence-corrected chi connectivity index (χ4v) is 34.5. The Kier molecular flexibility index (Phi) is 32.2. The van der Waals surface area contributed by atoms with Gasteiger partial charge < -0.3 is 30.7 Å². The van der Waals surface area contributed by atoms with Gasteiger partial charge in [-0.3, -0.25) is 9.59 Å². The molecule has 0 amide bonds. The average molecular weight is 1110 g/mol. The van der Waals surface area contributed by atoms with Crippen LogP contribution in [0.5, 0.6) is 0 Å². The molecule has 3 rings (SSSR count). The lowest BCUT2D eigenvalue weighted by molar-refractivity contribution is -0.148. The Morgan fingerprint density at radius 1 is 0.493 bits per heavy atom. The van der Waals surface area contributed by atoms with Crippen LogP contribution in [0.15, 0.2) is 103 Å². The van der Waals surface area contributed by atoms with Crippen LogP contribution in [0.3, 0.4) is 0 Å². The minimum atomic E-state index is -2.52. The van der Waals surface area contributed by atoms with Crippen LogP contribution in [0, 0.1) is 11.8 Å². The number of hydrogen-bond donors (Lipinski definition) is 0. The minimum Gasteiger partial charge on any atom is -0.465 e. The normalized spacial score (nSPS) is 14.1. The van der Waals surface area contributed by atoms with Crippen molar-refractivity contribution >= 4 is 69.7 Å². The Balaban J connectivity index is 0.000000769.